The number of β-lactam (4-membered cyclic amide) rings is 1. The van der Waals surface area contributed by atoms with Gasteiger partial charge in [-0.1, -0.05) is 48.5 Å². The Kier molecular flexibility index (Phi) is 4.79. The van der Waals surface area contributed by atoms with E-state index in [1.54, 1.807) is 7.11 Å². The van der Waals surface area contributed by atoms with Crippen molar-refractivity contribution in [3.63, 3.8) is 0 Å². The molecule has 3 aromatic carbocycles. The number of carbonyl (C=O) groups excluding carboxylic acids is 1. The van der Waals surface area contributed by atoms with Crippen LogP contribution in [-0.4, -0.2) is 13.0 Å². The van der Waals surface area contributed by atoms with Gasteiger partial charge < -0.3 is 14.4 Å². The topological polar surface area (TPSA) is 38.8 Å². The summed E-state index contributed by atoms with van der Waals surface area (Å²) >= 11 is 0. The van der Waals surface area contributed by atoms with Gasteiger partial charge in [0.15, 0.2) is 0 Å². The average molecular weight is 359 g/mol. The number of hydrogen-bond acceptors (Lipinski definition) is 3. The predicted octanol–water partition coefficient (Wildman–Crippen LogP) is 4.75. The minimum absolute atomic E-state index is 0.0309. The summed E-state index contributed by atoms with van der Waals surface area (Å²) in [5.41, 5.74) is 3.00. The molecule has 0 aliphatic carbocycles. The second-order valence-corrected chi connectivity index (χ2v) is 6.50. The van der Waals surface area contributed by atoms with E-state index in [1.165, 1.54) is 0 Å². The lowest BCUT2D eigenvalue weighted by atomic mass is 9.92. The molecule has 1 atom stereocenters. The van der Waals surface area contributed by atoms with E-state index < -0.39 is 0 Å². The molecule has 0 saturated carbocycles. The van der Waals surface area contributed by atoms with Gasteiger partial charge in [-0.25, -0.2) is 0 Å². The van der Waals surface area contributed by atoms with Crippen molar-refractivity contribution in [2.24, 2.45) is 0 Å². The fourth-order valence-electron chi connectivity index (χ4n) is 3.36. The highest BCUT2D eigenvalue weighted by Crippen LogP contribution is 2.43. The van der Waals surface area contributed by atoms with E-state index >= 15 is 0 Å². The highest BCUT2D eigenvalue weighted by Gasteiger charge is 2.39. The normalized spacial score (nSPS) is 16.0. The first kappa shape index (κ1) is 17.2. The Morgan fingerprint density at radius 1 is 0.963 bits per heavy atom. The molecule has 0 spiro atoms. The fourth-order valence-corrected chi connectivity index (χ4v) is 3.36. The van der Waals surface area contributed by atoms with Crippen molar-refractivity contribution in [3.05, 3.63) is 90.0 Å². The van der Waals surface area contributed by atoms with Crippen LogP contribution < -0.4 is 14.4 Å². The van der Waals surface area contributed by atoms with Crippen LogP contribution in [0.1, 0.15) is 23.6 Å². The Balaban J connectivity index is 1.63. The lowest BCUT2D eigenvalue weighted by Gasteiger charge is -2.41. The standard InChI is InChI=1S/C23H21NO3/c1-26-19-12-13-20(22(14-19)27-16-17-8-4-2-5-9-17)21-15-23(25)24(21)18-10-6-3-7-11-18/h2-14,21H,15-16H2,1H3. The average Bonchev–Trinajstić information content (AvgIpc) is 2.72. The molecule has 1 unspecified atom stereocenters. The van der Waals surface area contributed by atoms with Gasteiger partial charge in [-0.05, 0) is 29.8 Å². The highest BCUT2D eigenvalue weighted by molar-refractivity contribution is 6.01. The zero-order valence-corrected chi connectivity index (χ0v) is 15.2. The molecule has 1 amide bonds. The third kappa shape index (κ3) is 3.51. The largest absolute Gasteiger partial charge is 0.497 e. The number of hydrogen-bond donors (Lipinski definition) is 0. The number of para-hydroxylation sites is 1. The third-order valence-electron chi connectivity index (χ3n) is 4.80. The Morgan fingerprint density at radius 3 is 2.33 bits per heavy atom. The molecule has 4 heteroatoms. The van der Waals surface area contributed by atoms with Crippen LogP contribution in [0.15, 0.2) is 78.9 Å². The molecule has 1 fully saturated rings. The zero-order chi connectivity index (χ0) is 18.6. The van der Waals surface area contributed by atoms with Crippen molar-refractivity contribution in [2.45, 2.75) is 19.1 Å². The summed E-state index contributed by atoms with van der Waals surface area (Å²) in [4.78, 5) is 14.1. The minimum atomic E-state index is -0.0309. The first-order chi connectivity index (χ1) is 13.3. The van der Waals surface area contributed by atoms with Gasteiger partial charge in [0.2, 0.25) is 5.91 Å². The molecule has 1 heterocycles. The number of benzene rings is 3. The van der Waals surface area contributed by atoms with Crippen LogP contribution in [-0.2, 0) is 11.4 Å². The lowest BCUT2D eigenvalue weighted by molar-refractivity contribution is -0.124. The summed E-state index contributed by atoms with van der Waals surface area (Å²) in [5.74, 6) is 1.60. The number of nitrogens with zero attached hydrogens (tertiary/aromatic N) is 1. The molecule has 1 saturated heterocycles. The molecule has 0 aromatic heterocycles. The summed E-state index contributed by atoms with van der Waals surface area (Å²) in [6.07, 6.45) is 0.475. The molecule has 1 aliphatic rings. The molecular formula is C23H21NO3. The molecule has 4 rings (SSSR count). The summed E-state index contributed by atoms with van der Waals surface area (Å²) in [6, 6.07) is 25.5. The molecule has 27 heavy (non-hydrogen) atoms. The molecule has 3 aromatic rings. The summed E-state index contributed by atoms with van der Waals surface area (Å²) in [5, 5.41) is 0. The van der Waals surface area contributed by atoms with E-state index in [-0.39, 0.29) is 11.9 Å². The Morgan fingerprint density at radius 2 is 1.67 bits per heavy atom. The Bertz CT molecular complexity index is 925. The molecule has 0 bridgehead atoms. The second kappa shape index (κ2) is 7.54. The first-order valence-corrected chi connectivity index (χ1v) is 8.98. The summed E-state index contributed by atoms with van der Waals surface area (Å²) in [6.45, 7) is 0.465. The number of ether oxygens (including phenoxy) is 2. The van der Waals surface area contributed by atoms with Gasteiger partial charge in [0.25, 0.3) is 0 Å². The van der Waals surface area contributed by atoms with E-state index in [1.807, 2.05) is 83.8 Å². The van der Waals surface area contributed by atoms with Crippen molar-refractivity contribution in [3.8, 4) is 11.5 Å². The minimum Gasteiger partial charge on any atom is -0.497 e. The second-order valence-electron chi connectivity index (χ2n) is 6.50. The molecule has 4 nitrogen and oxygen atoms in total. The van der Waals surface area contributed by atoms with Crippen molar-refractivity contribution in [1.82, 2.24) is 0 Å². The van der Waals surface area contributed by atoms with Crippen LogP contribution in [0.25, 0.3) is 0 Å². The van der Waals surface area contributed by atoms with E-state index in [4.69, 9.17) is 9.47 Å². The van der Waals surface area contributed by atoms with Gasteiger partial charge in [0.05, 0.1) is 19.6 Å². The van der Waals surface area contributed by atoms with Crippen LogP contribution in [0.5, 0.6) is 11.5 Å². The van der Waals surface area contributed by atoms with Crippen molar-refractivity contribution in [2.75, 3.05) is 12.0 Å². The molecule has 0 radical (unpaired) electrons. The molecule has 0 N–H and O–H groups in total. The number of carbonyl (C=O) groups is 1. The molecule has 136 valence electrons. The maximum absolute atomic E-state index is 12.3. The highest BCUT2D eigenvalue weighted by atomic mass is 16.5. The van der Waals surface area contributed by atoms with Crippen molar-refractivity contribution in [1.29, 1.82) is 0 Å². The molecule has 1 aliphatic heterocycles. The number of methoxy groups -OCH3 is 1. The SMILES string of the molecule is COc1ccc(C2CC(=O)N2c2ccccc2)c(OCc2ccccc2)c1. The fraction of sp³-hybridized carbons (Fsp3) is 0.174. The van der Waals surface area contributed by atoms with Gasteiger partial charge in [0, 0.05) is 17.3 Å². The maximum atomic E-state index is 12.3. The maximum Gasteiger partial charge on any atom is 0.230 e. The van der Waals surface area contributed by atoms with Crippen LogP contribution in [0.3, 0.4) is 0 Å². The van der Waals surface area contributed by atoms with Crippen LogP contribution in [0.4, 0.5) is 5.69 Å². The van der Waals surface area contributed by atoms with E-state index in [2.05, 4.69) is 0 Å². The Labute approximate surface area is 159 Å². The van der Waals surface area contributed by atoms with Crippen LogP contribution in [0.2, 0.25) is 0 Å². The lowest BCUT2D eigenvalue weighted by Crippen LogP contribution is -2.46. The molecular weight excluding hydrogens is 338 g/mol. The Hall–Kier alpha value is -3.27. The predicted molar refractivity (Wildman–Crippen MR) is 105 cm³/mol. The number of amides is 1. The number of rotatable bonds is 6. The van der Waals surface area contributed by atoms with Gasteiger partial charge in [-0.2, -0.15) is 0 Å². The van der Waals surface area contributed by atoms with E-state index in [9.17, 15) is 4.79 Å². The van der Waals surface area contributed by atoms with Crippen molar-refractivity contribution < 1.29 is 14.3 Å². The van der Waals surface area contributed by atoms with Crippen LogP contribution >= 0.6 is 0 Å². The van der Waals surface area contributed by atoms with Crippen LogP contribution in [0, 0.1) is 0 Å². The van der Waals surface area contributed by atoms with Gasteiger partial charge in [-0.3, -0.25) is 4.79 Å². The van der Waals surface area contributed by atoms with Gasteiger partial charge in [-0.15, -0.1) is 0 Å². The van der Waals surface area contributed by atoms with Crippen molar-refractivity contribution >= 4 is 11.6 Å². The monoisotopic (exact) mass is 359 g/mol. The first-order valence-electron chi connectivity index (χ1n) is 8.98. The van der Waals surface area contributed by atoms with Gasteiger partial charge in [0.1, 0.15) is 18.1 Å². The smallest absolute Gasteiger partial charge is 0.230 e. The zero-order valence-electron chi connectivity index (χ0n) is 15.2. The number of anilines is 1. The summed E-state index contributed by atoms with van der Waals surface area (Å²) < 4.78 is 11.5. The van der Waals surface area contributed by atoms with Gasteiger partial charge >= 0.3 is 0 Å². The summed E-state index contributed by atoms with van der Waals surface area (Å²) in [7, 11) is 1.64. The van der Waals surface area contributed by atoms with E-state index in [0.717, 1.165) is 28.3 Å². The van der Waals surface area contributed by atoms with E-state index in [0.29, 0.717) is 13.0 Å². The quantitative estimate of drug-likeness (QED) is 0.596. The third-order valence-corrected chi connectivity index (χ3v) is 4.80.